The first kappa shape index (κ1) is 93.6. The van der Waals surface area contributed by atoms with Crippen LogP contribution >= 0.6 is 0 Å². The van der Waals surface area contributed by atoms with Gasteiger partial charge in [0.05, 0.1) is 50.6 Å². The van der Waals surface area contributed by atoms with Gasteiger partial charge in [0.2, 0.25) is 20.1 Å². The number of aryl methyl sites for hydroxylation is 3. The largest absolute Gasteiger partial charge is 2.00 e. The number of benzene rings is 16. The first-order valence-electron chi connectivity index (χ1n) is 48.6. The van der Waals surface area contributed by atoms with Crippen molar-refractivity contribution in [3.05, 3.63) is 416 Å². The Kier molecular flexibility index (Phi) is 23.4. The van der Waals surface area contributed by atoms with Crippen LogP contribution in [0.3, 0.4) is 0 Å². The van der Waals surface area contributed by atoms with E-state index in [1.54, 1.807) is 0 Å². The van der Waals surface area contributed by atoms with Gasteiger partial charge in [-0.1, -0.05) is 198 Å². The molecule has 7 aromatic heterocycles. The molecule has 6 aliphatic rings. The summed E-state index contributed by atoms with van der Waals surface area (Å²) in [6.07, 6.45) is 5.60. The molecule has 0 bridgehead atoms. The molecule has 29 rings (SSSR count). The topological polar surface area (TPSA) is 152 Å². The molecule has 6 aliphatic heterocycles. The molecule has 0 N–H and O–H groups in total. The number of ether oxygens (including phenoxy) is 6. The molecule has 0 saturated carbocycles. The van der Waals surface area contributed by atoms with Crippen molar-refractivity contribution in [3.63, 3.8) is 0 Å². The molecule has 0 fully saturated rings. The molecule has 22 heteroatoms. The smallest absolute Gasteiger partial charge is 0.518 e. The van der Waals surface area contributed by atoms with Crippen LogP contribution in [0.5, 0.6) is 69.0 Å². The van der Waals surface area contributed by atoms with E-state index >= 15 is 0 Å². The Morgan fingerprint density at radius 2 is 0.605 bits per heavy atom. The Labute approximate surface area is 894 Å². The average molecular weight is 2440 g/mol. The molecule has 0 aliphatic carbocycles. The first-order valence-corrected chi connectivity index (χ1v) is 48.6. The average Bonchev–Trinajstić information content (AvgIpc) is 1.70. The summed E-state index contributed by atoms with van der Waals surface area (Å²) in [5.74, 6) is 12.6. The Morgan fingerprint density at radius 3 is 1.00 bits per heavy atom. The van der Waals surface area contributed by atoms with E-state index in [-0.39, 0.29) is 94.2 Å². The zero-order valence-electron chi connectivity index (χ0n) is 81.1. The van der Waals surface area contributed by atoms with E-state index in [1.165, 1.54) is 27.8 Å². The van der Waals surface area contributed by atoms with Crippen molar-refractivity contribution >= 4 is 124 Å². The van der Waals surface area contributed by atoms with Crippen molar-refractivity contribution in [2.45, 2.75) is 73.1 Å². The molecular weight excluding hydrogens is 2360 g/mol. The Morgan fingerprint density at radius 1 is 0.265 bits per heavy atom. The summed E-state index contributed by atoms with van der Waals surface area (Å²) in [5.41, 5.74) is 32.0. The molecule has 0 saturated heterocycles. The second-order valence-electron chi connectivity index (χ2n) is 39.6. The van der Waals surface area contributed by atoms with E-state index in [0.29, 0.717) is 0 Å². The number of rotatable bonds is 9. The van der Waals surface area contributed by atoms with Crippen molar-refractivity contribution in [3.8, 4) is 149 Å². The molecule has 0 unspecified atom stereocenters. The van der Waals surface area contributed by atoms with Gasteiger partial charge in [0.1, 0.15) is 40.3 Å². The SMILES string of the molecule is CC(C)(C)c1ccnc(-c2[c-]c3c(cc2)Oc2cccc4c2B3c2[c-]c(-c3nc5ccccc5n3-c3ccccc3)ccc2O4)c1.Cc1cc(C)c(-n2c(-c3[c-]c4c(cc3)Oc3cccc5c3B4c3[c-]c(-c4cc(C(C)(C)C)ccn4)ccc3O5)nc3ccccc32)c(C)c1.[Pt+2].[Pt+2].[Pt+2].[c-]1c(-c2nc3ccccc3n2-c2ccccc2)ccc2c1B1c3[c-]c4c(cc3Oc3cccc(c31)O2)c1ccccc1n4-c1ccccn1. The van der Waals surface area contributed by atoms with Crippen LogP contribution in [0.25, 0.3) is 134 Å². The van der Waals surface area contributed by atoms with E-state index in [2.05, 4.69) is 317 Å². The van der Waals surface area contributed by atoms with E-state index in [1.807, 2.05) is 152 Å². The van der Waals surface area contributed by atoms with Gasteiger partial charge < -0.3 is 56.7 Å². The predicted octanol–water partition coefficient (Wildman–Crippen LogP) is 23.2. The third kappa shape index (κ3) is 15.9. The maximum atomic E-state index is 6.68. The molecular formula is C125H85B3N10O6Pt3. The van der Waals surface area contributed by atoms with Gasteiger partial charge in [-0.25, -0.2) is 4.98 Å². The zero-order valence-corrected chi connectivity index (χ0v) is 87.9. The molecule has 0 atom stereocenters. The Balaban J connectivity index is 0.000000117. The van der Waals surface area contributed by atoms with Crippen LogP contribution in [0.4, 0.5) is 0 Å². The Hall–Kier alpha value is -15.8. The van der Waals surface area contributed by atoms with Gasteiger partial charge in [-0.15, -0.1) is 158 Å². The normalized spacial score (nSPS) is 12.6. The number of hydrogen-bond acceptors (Lipinski definition) is 12. The number of fused-ring (bicyclic) bond motifs is 18. The molecule has 710 valence electrons. The Bertz CT molecular complexity index is 9250. The summed E-state index contributed by atoms with van der Waals surface area (Å²) >= 11 is 0. The monoisotopic (exact) mass is 2440 g/mol. The summed E-state index contributed by atoms with van der Waals surface area (Å²) in [6, 6.07) is 136. The number of imidazole rings is 3. The van der Waals surface area contributed by atoms with Crippen LogP contribution in [0, 0.1) is 57.2 Å². The summed E-state index contributed by atoms with van der Waals surface area (Å²) in [4.78, 5) is 29.7. The molecule has 13 heterocycles. The maximum Gasteiger partial charge on any atom is 2.00 e. The van der Waals surface area contributed by atoms with Gasteiger partial charge in [0.25, 0.3) is 0 Å². The van der Waals surface area contributed by atoms with Crippen molar-refractivity contribution in [1.82, 2.24) is 48.2 Å². The van der Waals surface area contributed by atoms with Crippen LogP contribution in [-0.2, 0) is 74.0 Å². The summed E-state index contributed by atoms with van der Waals surface area (Å²) in [5, 5.41) is 2.17. The molecule has 23 aromatic rings. The summed E-state index contributed by atoms with van der Waals surface area (Å²) in [6.45, 7) is 19.2. The summed E-state index contributed by atoms with van der Waals surface area (Å²) in [7, 11) is 0. The second-order valence-corrected chi connectivity index (χ2v) is 39.6. The molecule has 0 amide bonds. The number of para-hydroxylation sites is 9. The van der Waals surface area contributed by atoms with Gasteiger partial charge in [0, 0.05) is 92.1 Å². The van der Waals surface area contributed by atoms with Gasteiger partial charge in [-0.05, 0) is 198 Å². The number of aromatic nitrogens is 10. The minimum absolute atomic E-state index is 0. The predicted molar refractivity (Wildman–Crippen MR) is 576 cm³/mol. The maximum absolute atomic E-state index is 6.68. The molecule has 16 nitrogen and oxygen atoms in total. The van der Waals surface area contributed by atoms with Crippen molar-refractivity contribution in [2.24, 2.45) is 0 Å². The van der Waals surface area contributed by atoms with Crippen LogP contribution in [-0.4, -0.2) is 68.3 Å². The van der Waals surface area contributed by atoms with Crippen molar-refractivity contribution in [1.29, 1.82) is 0 Å². The van der Waals surface area contributed by atoms with Crippen LogP contribution in [0.15, 0.2) is 352 Å². The van der Waals surface area contributed by atoms with Gasteiger partial charge in [0.15, 0.2) is 0 Å². The van der Waals surface area contributed by atoms with E-state index < -0.39 is 0 Å². The molecule has 147 heavy (non-hydrogen) atoms. The fraction of sp³-hybridized carbons (Fsp3) is 0.0880. The van der Waals surface area contributed by atoms with Crippen LogP contribution < -0.4 is 77.6 Å². The number of hydrogen-bond donors (Lipinski definition) is 0. The molecule has 0 radical (unpaired) electrons. The quantitative estimate of drug-likeness (QED) is 0.0998. The van der Waals surface area contributed by atoms with E-state index in [0.717, 1.165) is 253 Å². The van der Waals surface area contributed by atoms with E-state index in [9.17, 15) is 0 Å². The molecule has 0 spiro atoms. The minimum Gasteiger partial charge on any atom is -0.518 e. The van der Waals surface area contributed by atoms with Crippen LogP contribution in [0.2, 0.25) is 0 Å². The van der Waals surface area contributed by atoms with Crippen molar-refractivity contribution in [2.75, 3.05) is 0 Å². The third-order valence-electron chi connectivity index (χ3n) is 28.4. The van der Waals surface area contributed by atoms with Gasteiger partial charge in [-0.2, -0.15) is 6.07 Å². The number of nitrogens with zero attached hydrogens (tertiary/aromatic N) is 10. The minimum atomic E-state index is -0.229. The fourth-order valence-corrected chi connectivity index (χ4v) is 21.8. The standard InChI is InChI=1S/C43H34BN3O2.C42H23BN4O2.C40H28BN3O2.3Pt/c1-25-20-26(2)41(27(3)21-25)47-35-11-8-7-10-33(35)46-42(47)29-15-17-37-32(23-29)44-31-22-28(34-24-30(18-19-45-34)43(4,5)6)14-16-36(31)48-38-12-9-13-39(49-37)40(38)44;1-2-11-27(12-3-1)46-34-16-7-5-14-32(34)45-42(46)26-20-21-36-30(23-26)43-31-25-35-29(24-39(31)49-38-18-10-17-37(48-36)41(38)43)28-13-4-6-15-33(28)47(35)40-19-8-9-22-44-40;1-40(2,3)27-20-21-42-32(24-27)25-16-18-34-29(22-25)41-30-23-26(17-19-35(30)46-37-15-9-14-36(45-34)38(37)41)39-43-31-12-7-8-13-33(31)44(39)28-10-5-4-6-11-28;;;/h7-21,24H,1-6H3;1-22,24H;4-21,24H,1-3H3;;;/q3*-2;3*+2. The third-order valence-corrected chi connectivity index (χ3v) is 28.4. The van der Waals surface area contributed by atoms with E-state index in [4.69, 9.17) is 58.3 Å². The van der Waals surface area contributed by atoms with Gasteiger partial charge >= 0.3 is 63.2 Å². The molecule has 16 aromatic carbocycles. The van der Waals surface area contributed by atoms with Crippen molar-refractivity contribution < 1.29 is 91.6 Å². The fourth-order valence-electron chi connectivity index (χ4n) is 21.8. The zero-order chi connectivity index (χ0) is 96.6. The summed E-state index contributed by atoms with van der Waals surface area (Å²) < 4.78 is 48.2. The number of pyridine rings is 3. The van der Waals surface area contributed by atoms with Crippen LogP contribution in [0.1, 0.15) is 69.4 Å². The second kappa shape index (κ2) is 36.8. The first-order chi connectivity index (χ1) is 70.4. The van der Waals surface area contributed by atoms with Gasteiger partial charge in [-0.3, -0.25) is 15.0 Å².